The van der Waals surface area contributed by atoms with Crippen molar-refractivity contribution in [3.05, 3.63) is 12.2 Å². The Bertz CT molecular complexity index is 419. The molecule has 0 aromatic heterocycles. The molecule has 3 saturated carbocycles. The van der Waals surface area contributed by atoms with Crippen LogP contribution in [-0.2, 0) is 0 Å². The standard InChI is InChI=1S/C26H46/c1-5-6-7-8-22-11-15-24(16-12-22)26-18-17-25(20(3)21(26)4)23-13-9-19(2)10-14-23/h5-6,19-26H,7-18H2,1-4H3/b6-5+. The fourth-order valence-corrected chi connectivity index (χ4v) is 7.14. The minimum absolute atomic E-state index is 0.970. The third-order valence-electron chi connectivity index (χ3n) is 9.15. The van der Waals surface area contributed by atoms with Crippen molar-refractivity contribution in [3.63, 3.8) is 0 Å². The lowest BCUT2D eigenvalue weighted by Crippen LogP contribution is -2.39. The highest BCUT2D eigenvalue weighted by Gasteiger charge is 2.41. The van der Waals surface area contributed by atoms with Crippen LogP contribution in [0.3, 0.4) is 0 Å². The highest BCUT2D eigenvalue weighted by molar-refractivity contribution is 4.92. The molecule has 0 radical (unpaired) electrons. The largest absolute Gasteiger partial charge is 0.0917 e. The lowest BCUT2D eigenvalue weighted by molar-refractivity contribution is 0.0164. The summed E-state index contributed by atoms with van der Waals surface area (Å²) in [4.78, 5) is 0. The maximum Gasteiger partial charge on any atom is -0.0348 e. The average molecular weight is 359 g/mol. The van der Waals surface area contributed by atoms with Gasteiger partial charge in [-0.3, -0.25) is 0 Å². The second-order valence-electron chi connectivity index (χ2n) is 10.6. The van der Waals surface area contributed by atoms with Crippen LogP contribution >= 0.6 is 0 Å². The van der Waals surface area contributed by atoms with Gasteiger partial charge in [0.05, 0.1) is 0 Å². The lowest BCUT2D eigenvalue weighted by atomic mass is 9.57. The van der Waals surface area contributed by atoms with Gasteiger partial charge in [0.15, 0.2) is 0 Å². The van der Waals surface area contributed by atoms with E-state index in [1.54, 1.807) is 12.8 Å². The van der Waals surface area contributed by atoms with E-state index in [4.69, 9.17) is 0 Å². The molecule has 4 unspecified atom stereocenters. The molecular weight excluding hydrogens is 312 g/mol. The predicted molar refractivity (Wildman–Crippen MR) is 115 cm³/mol. The van der Waals surface area contributed by atoms with Crippen LogP contribution in [-0.4, -0.2) is 0 Å². The molecule has 4 atom stereocenters. The van der Waals surface area contributed by atoms with Crippen LogP contribution < -0.4 is 0 Å². The van der Waals surface area contributed by atoms with Crippen LogP contribution in [0, 0.1) is 47.3 Å². The average Bonchev–Trinajstić information content (AvgIpc) is 2.66. The Balaban J connectivity index is 1.47. The predicted octanol–water partition coefficient (Wildman–Crippen LogP) is 8.27. The molecule has 150 valence electrons. The minimum Gasteiger partial charge on any atom is -0.0917 e. The Morgan fingerprint density at radius 3 is 1.65 bits per heavy atom. The van der Waals surface area contributed by atoms with Crippen molar-refractivity contribution in [2.45, 2.75) is 105 Å². The zero-order chi connectivity index (χ0) is 18.5. The van der Waals surface area contributed by atoms with Crippen LogP contribution in [0.25, 0.3) is 0 Å². The zero-order valence-electron chi connectivity index (χ0n) is 18.3. The van der Waals surface area contributed by atoms with E-state index in [2.05, 4.69) is 39.8 Å². The number of rotatable bonds is 5. The molecule has 3 aliphatic rings. The summed E-state index contributed by atoms with van der Waals surface area (Å²) in [6.45, 7) is 9.88. The topological polar surface area (TPSA) is 0 Å². The van der Waals surface area contributed by atoms with Crippen molar-refractivity contribution in [1.82, 2.24) is 0 Å². The van der Waals surface area contributed by atoms with Gasteiger partial charge in [-0.25, -0.2) is 0 Å². The summed E-state index contributed by atoms with van der Waals surface area (Å²) >= 11 is 0. The summed E-state index contributed by atoms with van der Waals surface area (Å²) in [5.41, 5.74) is 0. The Morgan fingerprint density at radius 2 is 1.15 bits per heavy atom. The van der Waals surface area contributed by atoms with E-state index in [0.29, 0.717) is 0 Å². The second kappa shape index (κ2) is 9.79. The van der Waals surface area contributed by atoms with Gasteiger partial charge in [-0.05, 0) is 106 Å². The number of hydrogen-bond acceptors (Lipinski definition) is 0. The molecule has 0 N–H and O–H groups in total. The maximum absolute atomic E-state index is 2.63. The van der Waals surface area contributed by atoms with Crippen molar-refractivity contribution in [1.29, 1.82) is 0 Å². The zero-order valence-corrected chi connectivity index (χ0v) is 18.3. The van der Waals surface area contributed by atoms with Gasteiger partial charge in [0.1, 0.15) is 0 Å². The first kappa shape index (κ1) is 20.5. The summed E-state index contributed by atoms with van der Waals surface area (Å²) in [7, 11) is 0. The number of allylic oxidation sites excluding steroid dienone is 2. The van der Waals surface area contributed by atoms with Crippen LogP contribution in [0.1, 0.15) is 105 Å². The Morgan fingerprint density at radius 1 is 0.654 bits per heavy atom. The summed E-state index contributed by atoms with van der Waals surface area (Å²) in [5, 5.41) is 0. The summed E-state index contributed by atoms with van der Waals surface area (Å²) in [5.74, 6) is 8.17. The monoisotopic (exact) mass is 358 g/mol. The third kappa shape index (κ3) is 4.96. The molecule has 0 heterocycles. The molecule has 0 amide bonds. The van der Waals surface area contributed by atoms with Crippen molar-refractivity contribution in [3.8, 4) is 0 Å². The molecular formula is C26H46. The molecule has 0 aromatic rings. The first-order chi connectivity index (χ1) is 12.6. The van der Waals surface area contributed by atoms with Gasteiger partial charge < -0.3 is 0 Å². The maximum atomic E-state index is 2.63. The summed E-state index contributed by atoms with van der Waals surface area (Å²) < 4.78 is 0. The minimum atomic E-state index is 0.970. The first-order valence-corrected chi connectivity index (χ1v) is 12.2. The smallest absolute Gasteiger partial charge is 0.0348 e. The quantitative estimate of drug-likeness (QED) is 0.434. The highest BCUT2D eigenvalue weighted by atomic mass is 14.5. The SMILES string of the molecule is C/C=C/CCC1CCC(C2CCC(C3CCC(C)CC3)C(C)C2C)CC1. The van der Waals surface area contributed by atoms with E-state index in [9.17, 15) is 0 Å². The van der Waals surface area contributed by atoms with E-state index >= 15 is 0 Å². The van der Waals surface area contributed by atoms with Crippen molar-refractivity contribution in [2.24, 2.45) is 47.3 Å². The molecule has 0 heteroatoms. The molecule has 0 aromatic carbocycles. The lowest BCUT2D eigenvalue weighted by Gasteiger charge is -2.48. The molecule has 0 aliphatic heterocycles. The molecule has 0 bridgehead atoms. The van der Waals surface area contributed by atoms with E-state index in [-0.39, 0.29) is 0 Å². The van der Waals surface area contributed by atoms with Gasteiger partial charge in [0.2, 0.25) is 0 Å². The van der Waals surface area contributed by atoms with Gasteiger partial charge in [-0.15, -0.1) is 0 Å². The van der Waals surface area contributed by atoms with Gasteiger partial charge in [0, 0.05) is 0 Å². The van der Waals surface area contributed by atoms with Crippen molar-refractivity contribution >= 4 is 0 Å². The van der Waals surface area contributed by atoms with Crippen LogP contribution in [0.4, 0.5) is 0 Å². The van der Waals surface area contributed by atoms with E-state index < -0.39 is 0 Å². The van der Waals surface area contributed by atoms with Crippen molar-refractivity contribution < 1.29 is 0 Å². The fraction of sp³-hybridized carbons (Fsp3) is 0.923. The van der Waals surface area contributed by atoms with Crippen LogP contribution in [0.15, 0.2) is 12.2 Å². The molecule has 3 fully saturated rings. The highest BCUT2D eigenvalue weighted by Crippen LogP contribution is 2.51. The summed E-state index contributed by atoms with van der Waals surface area (Å²) in [6.07, 6.45) is 22.6. The van der Waals surface area contributed by atoms with Gasteiger partial charge in [-0.2, -0.15) is 0 Å². The van der Waals surface area contributed by atoms with Gasteiger partial charge in [0.25, 0.3) is 0 Å². The van der Waals surface area contributed by atoms with E-state index in [1.165, 1.54) is 64.2 Å². The fourth-order valence-electron chi connectivity index (χ4n) is 7.14. The van der Waals surface area contributed by atoms with Crippen LogP contribution in [0.2, 0.25) is 0 Å². The van der Waals surface area contributed by atoms with E-state index in [0.717, 1.165) is 47.3 Å². The van der Waals surface area contributed by atoms with Gasteiger partial charge in [-0.1, -0.05) is 58.6 Å². The Kier molecular flexibility index (Phi) is 7.71. The normalized spacial score (nSPS) is 45.1. The second-order valence-corrected chi connectivity index (χ2v) is 10.6. The molecule has 0 spiro atoms. The first-order valence-electron chi connectivity index (χ1n) is 12.2. The Labute approximate surface area is 164 Å². The molecule has 0 nitrogen and oxygen atoms in total. The number of hydrogen-bond donors (Lipinski definition) is 0. The van der Waals surface area contributed by atoms with E-state index in [1.807, 2.05) is 0 Å². The molecule has 26 heavy (non-hydrogen) atoms. The van der Waals surface area contributed by atoms with Gasteiger partial charge >= 0.3 is 0 Å². The van der Waals surface area contributed by atoms with Crippen molar-refractivity contribution in [2.75, 3.05) is 0 Å². The molecule has 0 saturated heterocycles. The third-order valence-corrected chi connectivity index (χ3v) is 9.15. The summed E-state index contributed by atoms with van der Waals surface area (Å²) in [6, 6.07) is 0. The Hall–Kier alpha value is -0.260. The molecule has 3 aliphatic carbocycles. The molecule has 3 rings (SSSR count). The van der Waals surface area contributed by atoms with Crippen LogP contribution in [0.5, 0.6) is 0 Å².